The molecule has 0 saturated heterocycles. The molecule has 0 unspecified atom stereocenters. The van der Waals surface area contributed by atoms with Gasteiger partial charge in [0.2, 0.25) is 0 Å². The average Bonchev–Trinajstić information content (AvgIpc) is 3.80. The fourth-order valence-corrected chi connectivity index (χ4v) is 8.63. The van der Waals surface area contributed by atoms with Gasteiger partial charge in [-0.25, -0.2) is 0 Å². The van der Waals surface area contributed by atoms with Gasteiger partial charge in [-0.1, -0.05) is 146 Å². The van der Waals surface area contributed by atoms with E-state index in [9.17, 15) is 0 Å². The summed E-state index contributed by atoms with van der Waals surface area (Å²) in [6.45, 7) is 0. The SMILES string of the molecule is c1ccc(N(c2ccccc2)c2ccc(-n3ccc4cc(-c5cccc6c5-c5ccccc5C6(c5ccccc5)c5ccccc5)ccc43)cc2)cc1. The van der Waals surface area contributed by atoms with Crippen LogP contribution in [-0.4, -0.2) is 4.57 Å². The van der Waals surface area contributed by atoms with Crippen molar-refractivity contribution in [2.75, 3.05) is 4.90 Å². The van der Waals surface area contributed by atoms with Crippen LogP contribution in [0.4, 0.5) is 17.1 Å². The van der Waals surface area contributed by atoms with Gasteiger partial charge in [-0.3, -0.25) is 0 Å². The Morgan fingerprint density at radius 2 is 0.925 bits per heavy atom. The second kappa shape index (κ2) is 12.7. The van der Waals surface area contributed by atoms with E-state index in [1.807, 2.05) is 0 Å². The Balaban J connectivity index is 1.07. The van der Waals surface area contributed by atoms with Crippen LogP contribution in [0.1, 0.15) is 22.3 Å². The number of para-hydroxylation sites is 2. The summed E-state index contributed by atoms with van der Waals surface area (Å²) < 4.78 is 2.29. The van der Waals surface area contributed by atoms with Gasteiger partial charge >= 0.3 is 0 Å². The lowest BCUT2D eigenvalue weighted by molar-refractivity contribution is 0.768. The normalized spacial score (nSPS) is 12.7. The highest BCUT2D eigenvalue weighted by atomic mass is 15.1. The average molecular weight is 677 g/mol. The van der Waals surface area contributed by atoms with Crippen LogP contribution in [0, 0.1) is 0 Å². The molecule has 1 heterocycles. The van der Waals surface area contributed by atoms with E-state index < -0.39 is 5.41 Å². The molecule has 0 saturated carbocycles. The molecule has 0 N–H and O–H groups in total. The Labute approximate surface area is 310 Å². The van der Waals surface area contributed by atoms with Crippen LogP contribution in [-0.2, 0) is 5.41 Å². The van der Waals surface area contributed by atoms with Gasteiger partial charge in [0.25, 0.3) is 0 Å². The second-order valence-electron chi connectivity index (χ2n) is 13.7. The van der Waals surface area contributed by atoms with Crippen molar-refractivity contribution in [1.82, 2.24) is 4.57 Å². The molecule has 0 radical (unpaired) electrons. The number of hydrogen-bond acceptors (Lipinski definition) is 1. The zero-order valence-electron chi connectivity index (χ0n) is 29.2. The van der Waals surface area contributed by atoms with E-state index >= 15 is 0 Å². The Hall–Kier alpha value is -6.90. The maximum absolute atomic E-state index is 2.36. The lowest BCUT2D eigenvalue weighted by atomic mass is 9.67. The van der Waals surface area contributed by atoms with Gasteiger partial charge in [-0.15, -0.1) is 0 Å². The number of rotatable bonds is 7. The van der Waals surface area contributed by atoms with Crippen molar-refractivity contribution in [1.29, 1.82) is 0 Å². The molecule has 1 aliphatic rings. The molecule has 0 aliphatic heterocycles. The molecule has 1 aromatic heterocycles. The molecule has 8 aromatic carbocycles. The van der Waals surface area contributed by atoms with E-state index in [1.165, 1.54) is 55.4 Å². The summed E-state index contributed by atoms with van der Waals surface area (Å²) in [6.07, 6.45) is 2.19. The van der Waals surface area contributed by atoms with Crippen molar-refractivity contribution in [2.24, 2.45) is 0 Å². The van der Waals surface area contributed by atoms with Crippen LogP contribution < -0.4 is 4.90 Å². The molecular formula is C51H36N2. The Bertz CT molecular complexity index is 2620. The number of hydrogen-bond donors (Lipinski definition) is 0. The fourth-order valence-electron chi connectivity index (χ4n) is 8.63. The molecule has 2 heteroatoms. The second-order valence-corrected chi connectivity index (χ2v) is 13.7. The first kappa shape index (κ1) is 30.9. The number of benzene rings is 8. The molecule has 0 atom stereocenters. The van der Waals surface area contributed by atoms with Crippen molar-refractivity contribution in [3.63, 3.8) is 0 Å². The molecule has 250 valence electrons. The van der Waals surface area contributed by atoms with E-state index in [2.05, 4.69) is 228 Å². The minimum Gasteiger partial charge on any atom is -0.317 e. The summed E-state index contributed by atoms with van der Waals surface area (Å²) in [4.78, 5) is 2.30. The quantitative estimate of drug-likeness (QED) is 0.163. The summed E-state index contributed by atoms with van der Waals surface area (Å²) in [5.74, 6) is 0. The zero-order chi connectivity index (χ0) is 35.2. The standard InChI is InChI=1S/C51H36N2/c1-5-16-39(17-6-1)51(40-18-7-2-8-19-40)47-26-14-13-24-46(47)50-45(25-15-27-48(50)51)37-28-33-49-38(36-37)34-35-52(49)41-29-31-44(32-30-41)53(42-20-9-3-10-21-42)43-22-11-4-12-23-43/h1-36H. The topological polar surface area (TPSA) is 8.17 Å². The van der Waals surface area contributed by atoms with Crippen LogP contribution in [0.5, 0.6) is 0 Å². The van der Waals surface area contributed by atoms with Crippen molar-refractivity contribution in [3.05, 3.63) is 241 Å². The van der Waals surface area contributed by atoms with Crippen molar-refractivity contribution >= 4 is 28.0 Å². The predicted molar refractivity (Wildman–Crippen MR) is 221 cm³/mol. The molecule has 1 aliphatic carbocycles. The van der Waals surface area contributed by atoms with Gasteiger partial charge < -0.3 is 9.47 Å². The maximum atomic E-state index is 2.36. The summed E-state index contributed by atoms with van der Waals surface area (Å²) in [6, 6.07) is 77.0. The Morgan fingerprint density at radius 3 is 1.57 bits per heavy atom. The Morgan fingerprint density at radius 1 is 0.396 bits per heavy atom. The summed E-state index contributed by atoms with van der Waals surface area (Å²) in [5, 5.41) is 1.21. The largest absolute Gasteiger partial charge is 0.317 e. The lowest BCUT2D eigenvalue weighted by Gasteiger charge is -2.34. The molecule has 0 fully saturated rings. The highest BCUT2D eigenvalue weighted by molar-refractivity contribution is 5.97. The number of anilines is 3. The molecule has 9 aromatic rings. The summed E-state index contributed by atoms with van der Waals surface area (Å²) in [5.41, 5.74) is 15.6. The van der Waals surface area contributed by atoms with Crippen LogP contribution in [0.25, 0.3) is 38.8 Å². The van der Waals surface area contributed by atoms with Gasteiger partial charge in [0.05, 0.1) is 10.9 Å². The van der Waals surface area contributed by atoms with Crippen molar-refractivity contribution in [2.45, 2.75) is 5.41 Å². The highest BCUT2D eigenvalue weighted by Gasteiger charge is 2.46. The summed E-state index contributed by atoms with van der Waals surface area (Å²) in [7, 11) is 0. The third kappa shape index (κ3) is 4.95. The van der Waals surface area contributed by atoms with E-state index in [1.54, 1.807) is 0 Å². The minimum absolute atomic E-state index is 0.416. The first-order valence-corrected chi connectivity index (χ1v) is 18.3. The van der Waals surface area contributed by atoms with Crippen LogP contribution in [0.15, 0.2) is 219 Å². The van der Waals surface area contributed by atoms with Gasteiger partial charge in [-0.2, -0.15) is 0 Å². The highest BCUT2D eigenvalue weighted by Crippen LogP contribution is 2.58. The van der Waals surface area contributed by atoms with Gasteiger partial charge in [-0.05, 0) is 111 Å². The van der Waals surface area contributed by atoms with Gasteiger partial charge in [0.1, 0.15) is 0 Å². The van der Waals surface area contributed by atoms with E-state index in [0.717, 1.165) is 22.7 Å². The first-order valence-electron chi connectivity index (χ1n) is 18.3. The van der Waals surface area contributed by atoms with Gasteiger partial charge in [0.15, 0.2) is 0 Å². The lowest BCUT2D eigenvalue weighted by Crippen LogP contribution is -2.28. The number of fused-ring (bicyclic) bond motifs is 4. The molecule has 0 amide bonds. The molecular weight excluding hydrogens is 641 g/mol. The summed E-state index contributed by atoms with van der Waals surface area (Å²) >= 11 is 0. The first-order chi connectivity index (χ1) is 26.3. The Kier molecular flexibility index (Phi) is 7.40. The molecule has 0 spiro atoms. The molecule has 0 bridgehead atoms. The monoisotopic (exact) mass is 676 g/mol. The molecule has 2 nitrogen and oxygen atoms in total. The fraction of sp³-hybridized carbons (Fsp3) is 0.0196. The van der Waals surface area contributed by atoms with E-state index in [4.69, 9.17) is 0 Å². The van der Waals surface area contributed by atoms with Crippen LogP contribution >= 0.6 is 0 Å². The molecule has 10 rings (SSSR count). The van der Waals surface area contributed by atoms with Crippen molar-refractivity contribution in [3.8, 4) is 27.9 Å². The van der Waals surface area contributed by atoms with Gasteiger partial charge in [0, 0.05) is 34.3 Å². The minimum atomic E-state index is -0.416. The van der Waals surface area contributed by atoms with E-state index in [-0.39, 0.29) is 0 Å². The predicted octanol–water partition coefficient (Wildman–Crippen LogP) is 13.1. The molecule has 53 heavy (non-hydrogen) atoms. The zero-order valence-corrected chi connectivity index (χ0v) is 29.2. The third-order valence-electron chi connectivity index (χ3n) is 10.9. The van der Waals surface area contributed by atoms with Crippen molar-refractivity contribution < 1.29 is 0 Å². The smallest absolute Gasteiger partial charge is 0.0713 e. The maximum Gasteiger partial charge on any atom is 0.0713 e. The number of aromatic nitrogens is 1. The third-order valence-corrected chi connectivity index (χ3v) is 10.9. The van der Waals surface area contributed by atoms with E-state index in [0.29, 0.717) is 0 Å². The van der Waals surface area contributed by atoms with Crippen LogP contribution in [0.3, 0.4) is 0 Å². The van der Waals surface area contributed by atoms with Crippen LogP contribution in [0.2, 0.25) is 0 Å². The number of nitrogens with zero attached hydrogens (tertiary/aromatic N) is 2.